The number of nitro groups is 1. The van der Waals surface area contributed by atoms with Gasteiger partial charge in [-0.1, -0.05) is 18.2 Å². The lowest BCUT2D eigenvalue weighted by atomic mass is 10.1. The fourth-order valence-corrected chi connectivity index (χ4v) is 2.74. The zero-order chi connectivity index (χ0) is 20.7. The molecule has 150 valence electrons. The van der Waals surface area contributed by atoms with E-state index in [1.165, 1.54) is 37.1 Å². The third kappa shape index (κ3) is 5.20. The van der Waals surface area contributed by atoms with Gasteiger partial charge in [0.25, 0.3) is 11.6 Å². The SMILES string of the molecule is CCOc1ccccc1OCC(O)CN(C)C(=O)c1cccc([N+](=O)[O-])c1C. The van der Waals surface area contributed by atoms with Crippen LogP contribution in [0.2, 0.25) is 0 Å². The van der Waals surface area contributed by atoms with Crippen LogP contribution in [0.5, 0.6) is 11.5 Å². The van der Waals surface area contributed by atoms with Gasteiger partial charge in [0.15, 0.2) is 11.5 Å². The summed E-state index contributed by atoms with van der Waals surface area (Å²) >= 11 is 0. The van der Waals surface area contributed by atoms with Gasteiger partial charge in [-0.3, -0.25) is 14.9 Å². The minimum Gasteiger partial charge on any atom is -0.490 e. The van der Waals surface area contributed by atoms with Crippen molar-refractivity contribution in [2.75, 3.05) is 26.8 Å². The number of nitro benzene ring substituents is 1. The van der Waals surface area contributed by atoms with E-state index < -0.39 is 16.9 Å². The number of likely N-dealkylation sites (N-methyl/N-ethyl adjacent to an activating group) is 1. The molecule has 0 heterocycles. The summed E-state index contributed by atoms with van der Waals surface area (Å²) in [5.74, 6) is 0.677. The molecule has 1 atom stereocenters. The predicted molar refractivity (Wildman–Crippen MR) is 104 cm³/mol. The predicted octanol–water partition coefficient (Wildman–Crippen LogP) is 2.81. The van der Waals surface area contributed by atoms with Gasteiger partial charge in [-0.25, -0.2) is 0 Å². The first-order valence-electron chi connectivity index (χ1n) is 8.87. The molecule has 0 spiro atoms. The van der Waals surface area contributed by atoms with Crippen LogP contribution in [0.25, 0.3) is 0 Å². The molecule has 1 N–H and O–H groups in total. The van der Waals surface area contributed by atoms with E-state index in [1.807, 2.05) is 13.0 Å². The van der Waals surface area contributed by atoms with E-state index in [4.69, 9.17) is 9.47 Å². The summed E-state index contributed by atoms with van der Waals surface area (Å²) in [6, 6.07) is 11.5. The number of amides is 1. The third-order valence-electron chi connectivity index (χ3n) is 4.14. The maximum absolute atomic E-state index is 12.6. The van der Waals surface area contributed by atoms with Crippen molar-refractivity contribution < 1.29 is 24.3 Å². The molecule has 1 unspecified atom stereocenters. The van der Waals surface area contributed by atoms with Crippen LogP contribution in [-0.2, 0) is 0 Å². The molecule has 28 heavy (non-hydrogen) atoms. The van der Waals surface area contributed by atoms with E-state index in [0.717, 1.165) is 0 Å². The fourth-order valence-electron chi connectivity index (χ4n) is 2.74. The van der Waals surface area contributed by atoms with Gasteiger partial charge < -0.3 is 19.5 Å². The first kappa shape index (κ1) is 21.2. The molecule has 0 bridgehead atoms. The molecule has 0 saturated heterocycles. The second kappa shape index (κ2) is 9.70. The summed E-state index contributed by atoms with van der Waals surface area (Å²) < 4.78 is 11.1. The van der Waals surface area contributed by atoms with E-state index in [1.54, 1.807) is 18.2 Å². The van der Waals surface area contributed by atoms with Crippen LogP contribution in [0.3, 0.4) is 0 Å². The summed E-state index contributed by atoms with van der Waals surface area (Å²) in [5.41, 5.74) is 0.405. The molecule has 8 nitrogen and oxygen atoms in total. The Labute approximate surface area is 163 Å². The van der Waals surface area contributed by atoms with Crippen LogP contribution in [0.4, 0.5) is 5.69 Å². The minimum absolute atomic E-state index is 0.0117. The maximum atomic E-state index is 12.6. The van der Waals surface area contributed by atoms with Crippen LogP contribution in [0.15, 0.2) is 42.5 Å². The molecule has 0 aromatic heterocycles. The molecule has 0 aliphatic carbocycles. The molecule has 0 aliphatic rings. The van der Waals surface area contributed by atoms with Crippen molar-refractivity contribution in [1.82, 2.24) is 4.90 Å². The summed E-state index contributed by atoms with van der Waals surface area (Å²) in [6.07, 6.45) is -0.942. The van der Waals surface area contributed by atoms with Gasteiger partial charge in [-0.05, 0) is 32.0 Å². The number of carbonyl (C=O) groups is 1. The van der Waals surface area contributed by atoms with Crippen molar-refractivity contribution in [3.63, 3.8) is 0 Å². The minimum atomic E-state index is -0.942. The number of carbonyl (C=O) groups excluding carboxylic acids is 1. The quantitative estimate of drug-likeness (QED) is 0.523. The molecule has 2 rings (SSSR count). The molecule has 0 saturated carbocycles. The normalized spacial score (nSPS) is 11.6. The van der Waals surface area contributed by atoms with E-state index in [-0.39, 0.29) is 24.4 Å². The van der Waals surface area contributed by atoms with Crippen molar-refractivity contribution in [2.24, 2.45) is 0 Å². The number of hydrogen-bond acceptors (Lipinski definition) is 6. The highest BCUT2D eigenvalue weighted by molar-refractivity contribution is 5.96. The summed E-state index contributed by atoms with van der Waals surface area (Å²) in [6.45, 7) is 3.86. The number of para-hydroxylation sites is 2. The lowest BCUT2D eigenvalue weighted by Gasteiger charge is -2.22. The number of nitrogens with zero attached hydrogens (tertiary/aromatic N) is 2. The van der Waals surface area contributed by atoms with Crippen LogP contribution in [0.1, 0.15) is 22.8 Å². The standard InChI is InChI=1S/C20H24N2O6/c1-4-27-18-10-5-6-11-19(18)28-13-15(23)12-21(3)20(24)16-8-7-9-17(14(16)2)22(25)26/h5-11,15,23H,4,12-13H2,1-3H3. The lowest BCUT2D eigenvalue weighted by Crippen LogP contribution is -2.37. The van der Waals surface area contributed by atoms with Crippen molar-refractivity contribution in [2.45, 2.75) is 20.0 Å². The van der Waals surface area contributed by atoms with Gasteiger partial charge in [-0.2, -0.15) is 0 Å². The van der Waals surface area contributed by atoms with Crippen LogP contribution in [-0.4, -0.2) is 53.7 Å². The molecule has 0 radical (unpaired) electrons. The monoisotopic (exact) mass is 388 g/mol. The second-order valence-electron chi connectivity index (χ2n) is 6.24. The van der Waals surface area contributed by atoms with Crippen molar-refractivity contribution in [3.05, 3.63) is 63.7 Å². The Hall–Kier alpha value is -3.13. The Morgan fingerprint density at radius 2 is 1.82 bits per heavy atom. The van der Waals surface area contributed by atoms with Gasteiger partial charge in [0.05, 0.1) is 11.5 Å². The zero-order valence-corrected chi connectivity index (χ0v) is 16.1. The van der Waals surface area contributed by atoms with Crippen molar-refractivity contribution in [3.8, 4) is 11.5 Å². The van der Waals surface area contributed by atoms with Crippen LogP contribution >= 0.6 is 0 Å². The molecule has 0 fully saturated rings. The smallest absolute Gasteiger partial charge is 0.273 e. The number of hydrogen-bond donors (Lipinski definition) is 1. The molecular formula is C20H24N2O6. The molecule has 8 heteroatoms. The van der Waals surface area contributed by atoms with E-state index in [9.17, 15) is 20.0 Å². The molecule has 1 amide bonds. The Morgan fingerprint density at radius 1 is 1.18 bits per heavy atom. The zero-order valence-electron chi connectivity index (χ0n) is 16.1. The molecule has 2 aromatic rings. The Bertz CT molecular complexity index is 839. The molecule has 2 aromatic carbocycles. The highest BCUT2D eigenvalue weighted by Crippen LogP contribution is 2.26. The second-order valence-corrected chi connectivity index (χ2v) is 6.24. The Morgan fingerprint density at radius 3 is 2.43 bits per heavy atom. The largest absolute Gasteiger partial charge is 0.490 e. The third-order valence-corrected chi connectivity index (χ3v) is 4.14. The van der Waals surface area contributed by atoms with E-state index >= 15 is 0 Å². The fraction of sp³-hybridized carbons (Fsp3) is 0.350. The summed E-state index contributed by atoms with van der Waals surface area (Å²) in [7, 11) is 1.53. The van der Waals surface area contributed by atoms with Gasteiger partial charge >= 0.3 is 0 Å². The van der Waals surface area contributed by atoms with Crippen molar-refractivity contribution >= 4 is 11.6 Å². The topological polar surface area (TPSA) is 102 Å². The van der Waals surface area contributed by atoms with Gasteiger partial charge in [0.2, 0.25) is 0 Å². The molecule has 0 aliphatic heterocycles. The average Bonchev–Trinajstić information content (AvgIpc) is 2.67. The Balaban J connectivity index is 1.99. The number of benzene rings is 2. The maximum Gasteiger partial charge on any atom is 0.273 e. The first-order valence-corrected chi connectivity index (χ1v) is 8.87. The highest BCUT2D eigenvalue weighted by Gasteiger charge is 2.22. The van der Waals surface area contributed by atoms with E-state index in [0.29, 0.717) is 23.7 Å². The lowest BCUT2D eigenvalue weighted by molar-refractivity contribution is -0.385. The van der Waals surface area contributed by atoms with Crippen LogP contribution in [0, 0.1) is 17.0 Å². The Kier molecular flexibility index (Phi) is 7.34. The number of rotatable bonds is 9. The summed E-state index contributed by atoms with van der Waals surface area (Å²) in [5, 5.41) is 21.3. The number of aliphatic hydroxyl groups is 1. The van der Waals surface area contributed by atoms with E-state index in [2.05, 4.69) is 0 Å². The van der Waals surface area contributed by atoms with Gasteiger partial charge in [0.1, 0.15) is 12.7 Å². The number of ether oxygens (including phenoxy) is 2. The highest BCUT2D eigenvalue weighted by atomic mass is 16.6. The molecular weight excluding hydrogens is 364 g/mol. The van der Waals surface area contributed by atoms with Gasteiger partial charge in [0, 0.05) is 30.8 Å². The average molecular weight is 388 g/mol. The van der Waals surface area contributed by atoms with Gasteiger partial charge in [-0.15, -0.1) is 0 Å². The number of aliphatic hydroxyl groups excluding tert-OH is 1. The summed E-state index contributed by atoms with van der Waals surface area (Å²) in [4.78, 5) is 24.5. The van der Waals surface area contributed by atoms with Crippen molar-refractivity contribution in [1.29, 1.82) is 0 Å². The first-order chi connectivity index (χ1) is 13.3. The van der Waals surface area contributed by atoms with Crippen LogP contribution < -0.4 is 9.47 Å².